The van der Waals surface area contributed by atoms with E-state index in [4.69, 9.17) is 9.84 Å². The molecule has 1 unspecified atom stereocenters. The largest absolute Gasteiger partial charge is 0.506 e. The summed E-state index contributed by atoms with van der Waals surface area (Å²) in [6.45, 7) is 4.68. The van der Waals surface area contributed by atoms with Gasteiger partial charge in [-0.25, -0.2) is 4.79 Å². The van der Waals surface area contributed by atoms with Gasteiger partial charge in [-0.05, 0) is 38.5 Å². The van der Waals surface area contributed by atoms with Crippen LogP contribution < -0.4 is 0 Å². The van der Waals surface area contributed by atoms with E-state index in [1.54, 1.807) is 20.8 Å². The van der Waals surface area contributed by atoms with Crippen LogP contribution in [0, 0.1) is 15.5 Å². The lowest BCUT2D eigenvalue weighted by atomic mass is 9.97. The molecule has 0 aliphatic heterocycles. The van der Waals surface area contributed by atoms with Crippen molar-refractivity contribution in [3.63, 3.8) is 0 Å². The van der Waals surface area contributed by atoms with E-state index in [0.717, 1.165) is 0 Å². The number of carboxylic acid groups (broad SMARTS) is 1. The maximum atomic E-state index is 11.7. The number of benzene rings is 1. The molecule has 0 saturated carbocycles. The standard InChI is InChI=1S/C14H17NO7/c1-14(2,3)12(16)21-8-11(22-13(17)18)9-4-6-10(7-5-9)15(19)20/h4-7,11H,8H2,1-3H3,(H,17,18). The Bertz CT molecular complexity index is 560. The number of non-ortho nitro benzene ring substituents is 1. The van der Waals surface area contributed by atoms with Crippen LogP contribution in [0.15, 0.2) is 24.3 Å². The average molecular weight is 311 g/mol. The summed E-state index contributed by atoms with van der Waals surface area (Å²) in [4.78, 5) is 32.5. The normalized spacial score (nSPS) is 12.3. The molecule has 0 bridgehead atoms. The summed E-state index contributed by atoms with van der Waals surface area (Å²) in [5, 5.41) is 19.3. The highest BCUT2D eigenvalue weighted by Gasteiger charge is 2.26. The van der Waals surface area contributed by atoms with E-state index in [1.807, 2.05) is 0 Å². The molecule has 8 nitrogen and oxygen atoms in total. The number of hydrogen-bond donors (Lipinski definition) is 1. The van der Waals surface area contributed by atoms with Crippen LogP contribution in [0.1, 0.15) is 32.4 Å². The van der Waals surface area contributed by atoms with Crippen molar-refractivity contribution < 1.29 is 29.1 Å². The lowest BCUT2D eigenvalue weighted by Gasteiger charge is -2.20. The van der Waals surface area contributed by atoms with Crippen LogP contribution in [-0.4, -0.2) is 28.8 Å². The number of nitro groups is 1. The molecule has 1 aromatic carbocycles. The fourth-order valence-electron chi connectivity index (χ4n) is 1.50. The Labute approximate surface area is 126 Å². The predicted octanol–water partition coefficient (Wildman–Crippen LogP) is 2.92. The molecule has 1 atom stereocenters. The van der Waals surface area contributed by atoms with Gasteiger partial charge < -0.3 is 14.6 Å². The molecule has 1 rings (SSSR count). The first-order valence-electron chi connectivity index (χ1n) is 6.42. The van der Waals surface area contributed by atoms with Crippen molar-refractivity contribution in [2.75, 3.05) is 6.61 Å². The van der Waals surface area contributed by atoms with Crippen LogP contribution in [0.3, 0.4) is 0 Å². The number of rotatable bonds is 5. The fraction of sp³-hybridized carbons (Fsp3) is 0.429. The first kappa shape index (κ1) is 17.4. The van der Waals surface area contributed by atoms with Gasteiger partial charge in [0.05, 0.1) is 10.3 Å². The van der Waals surface area contributed by atoms with Crippen LogP contribution in [0.4, 0.5) is 10.5 Å². The molecule has 0 aliphatic carbocycles. The SMILES string of the molecule is CC(C)(C)C(=O)OCC(OC(=O)O)c1ccc([N+](=O)[O-])cc1. The number of nitrogens with zero attached hydrogens (tertiary/aromatic N) is 1. The van der Waals surface area contributed by atoms with Crippen molar-refractivity contribution in [1.82, 2.24) is 0 Å². The van der Waals surface area contributed by atoms with E-state index in [-0.39, 0.29) is 12.3 Å². The molecule has 1 N–H and O–H groups in total. The van der Waals surface area contributed by atoms with Gasteiger partial charge in [0.15, 0.2) is 6.10 Å². The summed E-state index contributed by atoms with van der Waals surface area (Å²) in [5.41, 5.74) is -0.511. The third kappa shape index (κ3) is 5.04. The Balaban J connectivity index is 2.86. The molecular formula is C14H17NO7. The van der Waals surface area contributed by atoms with Gasteiger partial charge in [-0.1, -0.05) is 0 Å². The number of ether oxygens (including phenoxy) is 2. The minimum absolute atomic E-state index is 0.135. The topological polar surface area (TPSA) is 116 Å². The zero-order chi connectivity index (χ0) is 16.9. The molecule has 22 heavy (non-hydrogen) atoms. The lowest BCUT2D eigenvalue weighted by molar-refractivity contribution is -0.384. The predicted molar refractivity (Wildman–Crippen MR) is 75.4 cm³/mol. The van der Waals surface area contributed by atoms with Gasteiger partial charge in [-0.2, -0.15) is 0 Å². The quantitative estimate of drug-likeness (QED) is 0.504. The summed E-state index contributed by atoms with van der Waals surface area (Å²) < 4.78 is 9.71. The molecule has 0 aromatic heterocycles. The van der Waals surface area contributed by atoms with Crippen molar-refractivity contribution >= 4 is 17.8 Å². The molecule has 0 fully saturated rings. The Morgan fingerprint density at radius 3 is 2.23 bits per heavy atom. The van der Waals surface area contributed by atoms with Crippen molar-refractivity contribution in [3.8, 4) is 0 Å². The monoisotopic (exact) mass is 311 g/mol. The average Bonchev–Trinajstić information content (AvgIpc) is 2.41. The molecule has 0 heterocycles. The first-order chi connectivity index (χ1) is 10.1. The van der Waals surface area contributed by atoms with Crippen LogP contribution in [0.2, 0.25) is 0 Å². The van der Waals surface area contributed by atoms with Gasteiger partial charge in [0, 0.05) is 12.1 Å². The van der Waals surface area contributed by atoms with Crippen LogP contribution >= 0.6 is 0 Å². The van der Waals surface area contributed by atoms with Crippen molar-refractivity contribution in [2.45, 2.75) is 26.9 Å². The zero-order valence-corrected chi connectivity index (χ0v) is 12.4. The third-order valence-corrected chi connectivity index (χ3v) is 2.70. The van der Waals surface area contributed by atoms with Gasteiger partial charge in [-0.3, -0.25) is 14.9 Å². The lowest BCUT2D eigenvalue weighted by Crippen LogP contribution is -2.26. The van der Waals surface area contributed by atoms with Crippen LogP contribution in [0.25, 0.3) is 0 Å². The van der Waals surface area contributed by atoms with Crippen LogP contribution in [0.5, 0.6) is 0 Å². The van der Waals surface area contributed by atoms with E-state index < -0.39 is 28.6 Å². The highest BCUT2D eigenvalue weighted by atomic mass is 16.7. The zero-order valence-electron chi connectivity index (χ0n) is 12.4. The van der Waals surface area contributed by atoms with Crippen molar-refractivity contribution in [1.29, 1.82) is 0 Å². The Morgan fingerprint density at radius 2 is 1.82 bits per heavy atom. The summed E-state index contributed by atoms with van der Waals surface area (Å²) in [6, 6.07) is 5.16. The summed E-state index contributed by atoms with van der Waals surface area (Å²) in [7, 11) is 0. The molecule has 0 saturated heterocycles. The smallest absolute Gasteiger partial charge is 0.461 e. The molecule has 8 heteroatoms. The number of hydrogen-bond acceptors (Lipinski definition) is 6. The number of nitro benzene ring substituents is 1. The molecule has 0 aliphatic rings. The Kier molecular flexibility index (Phi) is 5.44. The molecule has 0 spiro atoms. The fourth-order valence-corrected chi connectivity index (χ4v) is 1.50. The second kappa shape index (κ2) is 6.88. The van der Waals surface area contributed by atoms with E-state index in [9.17, 15) is 19.7 Å². The third-order valence-electron chi connectivity index (χ3n) is 2.70. The second-order valence-corrected chi connectivity index (χ2v) is 5.57. The van der Waals surface area contributed by atoms with E-state index in [2.05, 4.69) is 4.74 Å². The van der Waals surface area contributed by atoms with E-state index >= 15 is 0 Å². The highest BCUT2D eigenvalue weighted by molar-refractivity contribution is 5.75. The van der Waals surface area contributed by atoms with Crippen molar-refractivity contribution in [3.05, 3.63) is 39.9 Å². The van der Waals surface area contributed by atoms with Crippen molar-refractivity contribution in [2.24, 2.45) is 5.41 Å². The maximum Gasteiger partial charge on any atom is 0.506 e. The molecular weight excluding hydrogens is 294 g/mol. The van der Waals surface area contributed by atoms with Gasteiger partial charge in [0.25, 0.3) is 5.69 Å². The summed E-state index contributed by atoms with van der Waals surface area (Å²) >= 11 is 0. The molecule has 1 aromatic rings. The highest BCUT2D eigenvalue weighted by Crippen LogP contribution is 2.23. The van der Waals surface area contributed by atoms with Gasteiger partial charge >= 0.3 is 12.1 Å². The number of carbonyl (C=O) groups is 2. The first-order valence-corrected chi connectivity index (χ1v) is 6.42. The minimum atomic E-state index is -1.53. The second-order valence-electron chi connectivity index (χ2n) is 5.57. The van der Waals surface area contributed by atoms with Gasteiger partial charge in [0.2, 0.25) is 0 Å². The molecule has 0 radical (unpaired) electrons. The Morgan fingerprint density at radius 1 is 1.27 bits per heavy atom. The van der Waals surface area contributed by atoms with Crippen LogP contribution in [-0.2, 0) is 14.3 Å². The molecule has 0 amide bonds. The number of esters is 1. The Hall–Kier alpha value is -2.64. The van der Waals surface area contributed by atoms with E-state index in [1.165, 1.54) is 24.3 Å². The minimum Gasteiger partial charge on any atom is -0.461 e. The van der Waals surface area contributed by atoms with Gasteiger partial charge in [0.1, 0.15) is 6.61 Å². The maximum absolute atomic E-state index is 11.7. The summed E-state index contributed by atoms with van der Waals surface area (Å²) in [5.74, 6) is -0.506. The summed E-state index contributed by atoms with van der Waals surface area (Å²) in [6.07, 6.45) is -2.58. The van der Waals surface area contributed by atoms with Gasteiger partial charge in [-0.15, -0.1) is 0 Å². The van der Waals surface area contributed by atoms with E-state index in [0.29, 0.717) is 5.56 Å². The molecule has 120 valence electrons. The number of carbonyl (C=O) groups excluding carboxylic acids is 1.